The Labute approximate surface area is 305 Å². The molecular weight excluding hydrogens is 644 g/mol. The van der Waals surface area contributed by atoms with Gasteiger partial charge in [-0.05, 0) is 49.9 Å². The molecule has 2 aliphatic rings. The van der Waals surface area contributed by atoms with Gasteiger partial charge in [0, 0.05) is 35.9 Å². The number of hydrogen-bond acceptors (Lipinski definition) is 10. The van der Waals surface area contributed by atoms with Crippen LogP contribution in [0.2, 0.25) is 0 Å². The van der Waals surface area contributed by atoms with E-state index in [0.29, 0.717) is 24.9 Å². The normalized spacial score (nSPS) is 14.8. The number of benzene rings is 2. The van der Waals surface area contributed by atoms with Crippen LogP contribution in [0.1, 0.15) is 99.3 Å². The Morgan fingerprint density at radius 2 is 1.10 bits per heavy atom. The van der Waals surface area contributed by atoms with Crippen molar-refractivity contribution >= 4 is 35.7 Å². The number of unbranched alkanes of at least 4 members (excludes halogenated alkanes) is 3. The second-order valence-corrected chi connectivity index (χ2v) is 12.8. The minimum atomic E-state index is -0.233. The minimum absolute atomic E-state index is 0.119. The van der Waals surface area contributed by atoms with Crippen LogP contribution >= 0.6 is 0 Å². The summed E-state index contributed by atoms with van der Waals surface area (Å²) in [5.74, 6) is 1.66. The summed E-state index contributed by atoms with van der Waals surface area (Å²) in [6.45, 7) is 14.9. The van der Waals surface area contributed by atoms with Gasteiger partial charge in [0.15, 0.2) is 0 Å². The molecule has 0 bridgehead atoms. The van der Waals surface area contributed by atoms with Crippen molar-refractivity contribution in [2.24, 2.45) is 21.8 Å². The summed E-state index contributed by atoms with van der Waals surface area (Å²) in [5, 5.41) is 0. The molecule has 2 atom stereocenters. The number of carbonyl (C=O) groups excluding carboxylic acids is 2. The van der Waals surface area contributed by atoms with Crippen molar-refractivity contribution in [1.82, 2.24) is 0 Å². The molecule has 10 nitrogen and oxygen atoms in total. The predicted octanol–water partition coefficient (Wildman–Crippen LogP) is 9.46. The highest BCUT2D eigenvalue weighted by atomic mass is 16.6. The first-order chi connectivity index (χ1) is 24.8. The van der Waals surface area contributed by atoms with Crippen LogP contribution < -0.4 is 19.3 Å². The second-order valence-electron chi connectivity index (χ2n) is 12.8. The molecule has 2 aliphatic heterocycles. The van der Waals surface area contributed by atoms with E-state index in [2.05, 4.69) is 37.7 Å². The molecule has 0 amide bonds. The smallest absolute Gasteiger partial charge is 0.315 e. The lowest BCUT2D eigenvalue weighted by atomic mass is 10.1. The summed E-state index contributed by atoms with van der Waals surface area (Å²) in [7, 11) is 0. The maximum atomic E-state index is 12.1. The third kappa shape index (κ3) is 14.7. The van der Waals surface area contributed by atoms with Crippen molar-refractivity contribution in [2.75, 3.05) is 36.1 Å². The lowest BCUT2D eigenvalue weighted by Crippen LogP contribution is -2.24. The number of hydrogen-bond donors (Lipinski definition) is 0. The zero-order chi connectivity index (χ0) is 36.8. The van der Waals surface area contributed by atoms with Gasteiger partial charge in [-0.1, -0.05) is 85.8 Å². The molecule has 51 heavy (non-hydrogen) atoms. The maximum absolute atomic E-state index is 12.1. The van der Waals surface area contributed by atoms with Gasteiger partial charge in [0.05, 0.1) is 50.5 Å². The molecule has 2 aromatic carbocycles. The van der Waals surface area contributed by atoms with Crippen molar-refractivity contribution in [3.05, 3.63) is 72.7 Å². The largest absolute Gasteiger partial charge is 0.494 e. The number of aliphatic imine (C=N–C) groups is 2. The summed E-state index contributed by atoms with van der Waals surface area (Å²) < 4.78 is 22.4. The van der Waals surface area contributed by atoms with Crippen LogP contribution in [-0.2, 0) is 19.1 Å². The maximum Gasteiger partial charge on any atom is 0.315 e. The molecule has 2 aromatic rings. The van der Waals surface area contributed by atoms with Crippen molar-refractivity contribution in [3.63, 3.8) is 0 Å². The first-order valence-corrected chi connectivity index (χ1v) is 18.7. The highest BCUT2D eigenvalue weighted by Gasteiger charge is 2.19. The number of anilines is 2. The Hall–Kier alpha value is -4.60. The molecule has 0 N–H and O–H groups in total. The van der Waals surface area contributed by atoms with E-state index in [4.69, 9.17) is 18.9 Å². The lowest BCUT2D eigenvalue weighted by Gasteiger charge is -2.23. The van der Waals surface area contributed by atoms with Crippen LogP contribution in [0.25, 0.3) is 0 Å². The van der Waals surface area contributed by atoms with E-state index in [1.165, 1.54) is 12.8 Å². The van der Waals surface area contributed by atoms with E-state index in [1.807, 2.05) is 72.2 Å². The van der Waals surface area contributed by atoms with Crippen LogP contribution in [0.15, 0.2) is 82.7 Å². The summed E-state index contributed by atoms with van der Waals surface area (Å²) in [4.78, 5) is 36.5. The van der Waals surface area contributed by atoms with E-state index in [1.54, 1.807) is 24.8 Å². The molecule has 0 spiro atoms. The van der Waals surface area contributed by atoms with E-state index >= 15 is 0 Å². The Bertz CT molecular complexity index is 1490. The molecule has 2 heterocycles. The fourth-order valence-corrected chi connectivity index (χ4v) is 5.23. The van der Waals surface area contributed by atoms with Gasteiger partial charge in [0.1, 0.15) is 11.5 Å². The van der Waals surface area contributed by atoms with E-state index in [-0.39, 0.29) is 23.8 Å². The van der Waals surface area contributed by atoms with Crippen LogP contribution in [-0.4, -0.2) is 50.7 Å². The van der Waals surface area contributed by atoms with Gasteiger partial charge in [-0.2, -0.15) is 0 Å². The number of esters is 2. The molecule has 0 aromatic heterocycles. The molecule has 0 aliphatic carbocycles. The highest BCUT2D eigenvalue weighted by molar-refractivity contribution is 5.76. The van der Waals surface area contributed by atoms with E-state index in [0.717, 1.165) is 81.0 Å². The zero-order valence-electron chi connectivity index (χ0n) is 31.5. The first kappa shape index (κ1) is 40.8. The van der Waals surface area contributed by atoms with Crippen molar-refractivity contribution in [2.45, 2.75) is 99.3 Å². The first-order valence-electron chi connectivity index (χ1n) is 18.7. The average molecular weight is 703 g/mol. The zero-order valence-corrected chi connectivity index (χ0v) is 31.5. The summed E-state index contributed by atoms with van der Waals surface area (Å²) >= 11 is 0. The van der Waals surface area contributed by atoms with Crippen LogP contribution in [0.5, 0.6) is 11.5 Å². The molecule has 0 radical (unpaired) electrons. The molecule has 10 heteroatoms. The Kier molecular flexibility index (Phi) is 18.4. The lowest BCUT2D eigenvalue weighted by molar-refractivity contribution is -0.144. The number of nitrogens with zero attached hydrogens (tertiary/aromatic N) is 4. The molecule has 2 unspecified atom stereocenters. The topological polar surface area (TPSA) is 102 Å². The Morgan fingerprint density at radius 1 is 0.647 bits per heavy atom. The summed E-state index contributed by atoms with van der Waals surface area (Å²) in [6.07, 6.45) is 16.1. The third-order valence-corrected chi connectivity index (χ3v) is 8.27. The fraction of sp³-hybridized carbons (Fsp3) is 0.512. The van der Waals surface area contributed by atoms with E-state index < -0.39 is 0 Å². The van der Waals surface area contributed by atoms with Crippen LogP contribution in [0, 0.1) is 11.8 Å². The molecule has 0 saturated carbocycles. The Balaban J connectivity index is 0.000000276. The van der Waals surface area contributed by atoms with Gasteiger partial charge >= 0.3 is 11.9 Å². The van der Waals surface area contributed by atoms with Crippen molar-refractivity contribution in [3.8, 4) is 11.5 Å². The van der Waals surface area contributed by atoms with Gasteiger partial charge in [-0.15, -0.1) is 0 Å². The van der Waals surface area contributed by atoms with Gasteiger partial charge in [0.2, 0.25) is 11.8 Å². The van der Waals surface area contributed by atoms with Gasteiger partial charge in [-0.3, -0.25) is 9.59 Å². The molecule has 278 valence electrons. The SMILES string of the molecule is CCCCCOc1cccc(N2C=C(OC(=O)C(C)CCC)N=CC2)c1.CCCCOc1cccc(N2C=C(OC(=O)C(C)CCC)N=CC2)c1. The molecule has 4 rings (SSSR count). The monoisotopic (exact) mass is 702 g/mol. The van der Waals surface area contributed by atoms with Crippen LogP contribution in [0.4, 0.5) is 11.4 Å². The van der Waals surface area contributed by atoms with Gasteiger partial charge in [0.25, 0.3) is 0 Å². The highest BCUT2D eigenvalue weighted by Crippen LogP contribution is 2.26. The quantitative estimate of drug-likeness (QED) is 0.105. The van der Waals surface area contributed by atoms with Gasteiger partial charge < -0.3 is 28.7 Å². The fourth-order valence-electron chi connectivity index (χ4n) is 5.23. The predicted molar refractivity (Wildman–Crippen MR) is 206 cm³/mol. The standard InChI is InChI=1S/C21H30N2O3.C20H28N2O3/c1-4-6-7-14-25-19-11-8-10-18(15-19)23-13-12-22-20(16-23)26-21(24)17(3)9-5-2;1-4-6-13-24-18-10-7-9-17(14-18)22-12-11-21-19(15-22)25-20(23)16(3)8-5-2/h8,10-12,15-17H,4-7,9,13-14H2,1-3H3;7,9-11,14-16H,4-6,8,12-13H2,1-3H3. The average Bonchev–Trinajstić information content (AvgIpc) is 3.14. The second kappa shape index (κ2) is 23.0. The van der Waals surface area contributed by atoms with Crippen molar-refractivity contribution < 1.29 is 28.5 Å². The minimum Gasteiger partial charge on any atom is -0.494 e. The van der Waals surface area contributed by atoms with Crippen molar-refractivity contribution in [1.29, 1.82) is 0 Å². The van der Waals surface area contributed by atoms with Gasteiger partial charge in [-0.25, -0.2) is 9.98 Å². The molecule has 0 fully saturated rings. The summed E-state index contributed by atoms with van der Waals surface area (Å²) in [5.41, 5.74) is 1.97. The molecular formula is C41H58N4O6. The molecule has 0 saturated heterocycles. The number of rotatable bonds is 19. The van der Waals surface area contributed by atoms with Crippen LogP contribution in [0.3, 0.4) is 0 Å². The Morgan fingerprint density at radius 3 is 1.53 bits per heavy atom. The summed E-state index contributed by atoms with van der Waals surface area (Å²) in [6, 6.07) is 15.9. The number of carbonyl (C=O) groups is 2. The third-order valence-electron chi connectivity index (χ3n) is 8.27. The van der Waals surface area contributed by atoms with E-state index in [9.17, 15) is 9.59 Å². The number of ether oxygens (including phenoxy) is 4.